The van der Waals surface area contributed by atoms with Gasteiger partial charge in [0.2, 0.25) is 0 Å². The Morgan fingerprint density at radius 2 is 2.00 bits per heavy atom. The van der Waals surface area contributed by atoms with Crippen LogP contribution in [0.4, 0.5) is 8.78 Å². The van der Waals surface area contributed by atoms with Gasteiger partial charge in [-0.3, -0.25) is 9.48 Å². The van der Waals surface area contributed by atoms with E-state index in [1.54, 1.807) is 24.5 Å². The first kappa shape index (κ1) is 20.4. The maximum absolute atomic E-state index is 13.6. The number of hydrazone groups is 1. The standard InChI is InChI=1S/C23H19F2N5O/c1-15(3-2-8-29-21-5-4-16(13-26)9-18(21)14-28-29)23(31)30-22(6-7-27-30)17-10-19(24)12-20(25)11-17/h4-5,7,9-12,14,22H,1-3,6,8H2/t22-/m0/s1. The normalized spacial score (nSPS) is 15.4. The van der Waals surface area contributed by atoms with E-state index in [-0.39, 0.29) is 5.91 Å². The number of aryl methyl sites for hydroxylation is 1. The van der Waals surface area contributed by atoms with E-state index in [0.29, 0.717) is 42.5 Å². The molecule has 1 amide bonds. The maximum Gasteiger partial charge on any atom is 0.269 e. The van der Waals surface area contributed by atoms with Crippen LogP contribution in [0.3, 0.4) is 0 Å². The third-order valence-electron chi connectivity index (χ3n) is 5.23. The number of carbonyl (C=O) groups is 1. The van der Waals surface area contributed by atoms with Crippen LogP contribution in [-0.4, -0.2) is 26.9 Å². The highest BCUT2D eigenvalue weighted by Gasteiger charge is 2.30. The van der Waals surface area contributed by atoms with Crippen molar-refractivity contribution in [3.8, 4) is 6.07 Å². The van der Waals surface area contributed by atoms with Crippen LogP contribution in [0.5, 0.6) is 0 Å². The van der Waals surface area contributed by atoms with Gasteiger partial charge in [0.25, 0.3) is 5.91 Å². The van der Waals surface area contributed by atoms with Gasteiger partial charge in [-0.2, -0.15) is 15.5 Å². The van der Waals surface area contributed by atoms with Crippen molar-refractivity contribution in [2.75, 3.05) is 0 Å². The van der Waals surface area contributed by atoms with Gasteiger partial charge in [-0.05, 0) is 48.7 Å². The van der Waals surface area contributed by atoms with Crippen molar-refractivity contribution in [3.63, 3.8) is 0 Å². The molecular weight excluding hydrogens is 400 g/mol. The number of nitrogens with zero attached hydrogens (tertiary/aromatic N) is 5. The number of amides is 1. The predicted molar refractivity (Wildman–Crippen MR) is 112 cm³/mol. The number of hydrogen-bond acceptors (Lipinski definition) is 4. The topological polar surface area (TPSA) is 74.3 Å². The van der Waals surface area contributed by atoms with Crippen molar-refractivity contribution in [3.05, 3.63) is 77.5 Å². The number of nitriles is 1. The number of halogens is 2. The quantitative estimate of drug-likeness (QED) is 0.553. The number of hydrogen-bond donors (Lipinski definition) is 0. The van der Waals surface area contributed by atoms with Gasteiger partial charge < -0.3 is 0 Å². The molecule has 0 unspecified atom stereocenters. The Kier molecular flexibility index (Phi) is 5.58. The summed E-state index contributed by atoms with van der Waals surface area (Å²) in [6.45, 7) is 4.46. The summed E-state index contributed by atoms with van der Waals surface area (Å²) in [6.07, 6.45) is 4.69. The molecule has 1 aliphatic rings. The van der Waals surface area contributed by atoms with E-state index in [4.69, 9.17) is 5.26 Å². The van der Waals surface area contributed by atoms with Gasteiger partial charge >= 0.3 is 0 Å². The highest BCUT2D eigenvalue weighted by atomic mass is 19.1. The minimum atomic E-state index is -0.693. The van der Waals surface area contributed by atoms with Gasteiger partial charge in [0.15, 0.2) is 0 Å². The zero-order valence-corrected chi connectivity index (χ0v) is 16.6. The Labute approximate surface area is 177 Å². The summed E-state index contributed by atoms with van der Waals surface area (Å²) in [6, 6.07) is 10.1. The second kappa shape index (κ2) is 8.48. The third kappa shape index (κ3) is 4.21. The highest BCUT2D eigenvalue weighted by Crippen LogP contribution is 2.31. The fraction of sp³-hybridized carbons (Fsp3) is 0.217. The Balaban J connectivity index is 1.39. The molecule has 1 atom stereocenters. The lowest BCUT2D eigenvalue weighted by atomic mass is 10.0. The number of benzene rings is 2. The van der Waals surface area contributed by atoms with Crippen molar-refractivity contribution in [2.45, 2.75) is 31.8 Å². The Morgan fingerprint density at radius 1 is 1.23 bits per heavy atom. The molecule has 0 saturated carbocycles. The summed E-state index contributed by atoms with van der Waals surface area (Å²) in [5.74, 6) is -1.75. The van der Waals surface area contributed by atoms with Crippen LogP contribution in [0.25, 0.3) is 10.9 Å². The molecule has 0 spiro atoms. The third-order valence-corrected chi connectivity index (χ3v) is 5.23. The molecule has 0 bridgehead atoms. The first-order valence-corrected chi connectivity index (χ1v) is 9.81. The lowest BCUT2D eigenvalue weighted by molar-refractivity contribution is -0.129. The average molecular weight is 419 g/mol. The lowest BCUT2D eigenvalue weighted by Crippen LogP contribution is -2.28. The molecule has 0 fully saturated rings. The van der Waals surface area contributed by atoms with E-state index >= 15 is 0 Å². The van der Waals surface area contributed by atoms with Crippen LogP contribution < -0.4 is 0 Å². The largest absolute Gasteiger partial charge is 0.269 e. The summed E-state index contributed by atoms with van der Waals surface area (Å²) in [4.78, 5) is 12.8. The molecule has 1 aromatic heterocycles. The molecule has 31 heavy (non-hydrogen) atoms. The van der Waals surface area contributed by atoms with Crippen LogP contribution in [-0.2, 0) is 11.3 Å². The van der Waals surface area contributed by atoms with Gasteiger partial charge in [0.05, 0.1) is 29.4 Å². The van der Waals surface area contributed by atoms with Crippen LogP contribution in [0.1, 0.15) is 36.4 Å². The molecule has 2 aromatic carbocycles. The zero-order valence-electron chi connectivity index (χ0n) is 16.6. The van der Waals surface area contributed by atoms with Crippen molar-refractivity contribution in [1.29, 1.82) is 5.26 Å². The molecule has 1 aliphatic heterocycles. The number of fused-ring (bicyclic) bond motifs is 1. The number of carbonyl (C=O) groups excluding carboxylic acids is 1. The molecule has 0 N–H and O–H groups in total. The second-order valence-electron chi connectivity index (χ2n) is 7.36. The fourth-order valence-corrected chi connectivity index (χ4v) is 3.70. The van der Waals surface area contributed by atoms with E-state index in [2.05, 4.69) is 22.8 Å². The van der Waals surface area contributed by atoms with Gasteiger partial charge in [0.1, 0.15) is 11.6 Å². The summed E-state index contributed by atoms with van der Waals surface area (Å²) < 4.78 is 29.0. The smallest absolute Gasteiger partial charge is 0.268 e. The molecule has 8 heteroatoms. The SMILES string of the molecule is C=C(CCCn1ncc2cc(C#N)ccc21)C(=O)N1N=CC[C@H]1c1cc(F)cc(F)c1. The number of rotatable bonds is 6. The summed E-state index contributed by atoms with van der Waals surface area (Å²) in [5, 5.41) is 19.6. The van der Waals surface area contributed by atoms with Gasteiger partial charge in [-0.15, -0.1) is 0 Å². The number of aromatic nitrogens is 2. The van der Waals surface area contributed by atoms with E-state index in [0.717, 1.165) is 17.0 Å². The van der Waals surface area contributed by atoms with E-state index in [9.17, 15) is 13.6 Å². The monoisotopic (exact) mass is 419 g/mol. The van der Waals surface area contributed by atoms with Gasteiger partial charge in [-0.1, -0.05) is 6.58 Å². The van der Waals surface area contributed by atoms with Crippen LogP contribution in [0, 0.1) is 23.0 Å². The van der Waals surface area contributed by atoms with E-state index in [1.807, 2.05) is 10.7 Å². The van der Waals surface area contributed by atoms with E-state index < -0.39 is 17.7 Å². The summed E-state index contributed by atoms with van der Waals surface area (Å²) in [7, 11) is 0. The molecule has 156 valence electrons. The lowest BCUT2D eigenvalue weighted by Gasteiger charge is -2.23. The fourth-order valence-electron chi connectivity index (χ4n) is 3.70. The molecule has 3 aromatic rings. The van der Waals surface area contributed by atoms with Crippen molar-refractivity contribution in [1.82, 2.24) is 14.8 Å². The summed E-state index contributed by atoms with van der Waals surface area (Å²) >= 11 is 0. The first-order valence-electron chi connectivity index (χ1n) is 9.81. The maximum atomic E-state index is 13.6. The molecular formula is C23H19F2N5O. The second-order valence-corrected chi connectivity index (χ2v) is 7.36. The van der Waals surface area contributed by atoms with Gasteiger partial charge in [-0.25, -0.2) is 13.8 Å². The molecule has 6 nitrogen and oxygen atoms in total. The van der Waals surface area contributed by atoms with Crippen molar-refractivity contribution < 1.29 is 13.6 Å². The molecule has 0 radical (unpaired) electrons. The van der Waals surface area contributed by atoms with Crippen LogP contribution in [0.2, 0.25) is 0 Å². The Hall–Kier alpha value is -3.86. The van der Waals surface area contributed by atoms with Crippen molar-refractivity contribution in [2.24, 2.45) is 5.10 Å². The molecule has 0 saturated heterocycles. The first-order chi connectivity index (χ1) is 15.0. The Bertz CT molecular complexity index is 1220. The van der Waals surface area contributed by atoms with Crippen LogP contribution >= 0.6 is 0 Å². The van der Waals surface area contributed by atoms with Gasteiger partial charge in [0, 0.05) is 36.2 Å². The molecule has 0 aliphatic carbocycles. The average Bonchev–Trinajstić information content (AvgIpc) is 3.39. The minimum Gasteiger partial charge on any atom is -0.268 e. The van der Waals surface area contributed by atoms with E-state index in [1.165, 1.54) is 17.1 Å². The predicted octanol–water partition coefficient (Wildman–Crippen LogP) is 4.48. The summed E-state index contributed by atoms with van der Waals surface area (Å²) in [5.41, 5.74) is 2.21. The van der Waals surface area contributed by atoms with Crippen molar-refractivity contribution >= 4 is 23.0 Å². The zero-order chi connectivity index (χ0) is 22.0. The molecule has 2 heterocycles. The molecule has 4 rings (SSSR count). The van der Waals surface area contributed by atoms with Crippen LogP contribution in [0.15, 0.2) is 59.8 Å². The Morgan fingerprint density at radius 3 is 2.74 bits per heavy atom. The minimum absolute atomic E-state index is 0.357. The highest BCUT2D eigenvalue weighted by molar-refractivity contribution is 5.94.